The van der Waals surface area contributed by atoms with Crippen LogP contribution < -0.4 is 5.73 Å². The molecule has 1 fully saturated rings. The van der Waals surface area contributed by atoms with Gasteiger partial charge in [-0.15, -0.1) is 0 Å². The first-order valence-corrected chi connectivity index (χ1v) is 3.98. The summed E-state index contributed by atoms with van der Waals surface area (Å²) in [5.74, 6) is 0.0306. The lowest BCUT2D eigenvalue weighted by Gasteiger charge is -1.94. The number of carbonyl (C=O) groups is 1. The highest BCUT2D eigenvalue weighted by atomic mass is 16.1. The van der Waals surface area contributed by atoms with E-state index in [0.717, 1.165) is 11.1 Å². The van der Waals surface area contributed by atoms with E-state index in [9.17, 15) is 4.79 Å². The highest BCUT2D eigenvalue weighted by Crippen LogP contribution is 2.26. The van der Waals surface area contributed by atoms with Crippen LogP contribution in [0.3, 0.4) is 0 Å². The summed E-state index contributed by atoms with van der Waals surface area (Å²) >= 11 is 0. The van der Waals surface area contributed by atoms with Crippen molar-refractivity contribution in [2.45, 2.75) is 19.4 Å². The standard InChI is InChI=1S/C10H13NO/c1-3-5-8-7(4-2)6-9(11)10(8)12/h3-5,9H,1,6,11H2,2H3/b7-4-,8-5+. The molecule has 2 heteroatoms. The molecule has 1 atom stereocenters. The zero-order chi connectivity index (χ0) is 9.14. The SMILES string of the molecule is C=C/C=C1/C(=O)C(N)C/C1=C/C. The van der Waals surface area contributed by atoms with Gasteiger partial charge in [-0.3, -0.25) is 4.79 Å². The molecule has 64 valence electrons. The third-order valence-corrected chi connectivity index (χ3v) is 2.02. The molecule has 0 aliphatic heterocycles. The molecule has 2 N–H and O–H groups in total. The number of allylic oxidation sites excluding steroid dienone is 3. The number of hydrogen-bond donors (Lipinski definition) is 1. The van der Waals surface area contributed by atoms with Gasteiger partial charge in [-0.2, -0.15) is 0 Å². The van der Waals surface area contributed by atoms with E-state index in [1.165, 1.54) is 0 Å². The van der Waals surface area contributed by atoms with Crippen LogP contribution in [0.2, 0.25) is 0 Å². The van der Waals surface area contributed by atoms with Crippen molar-refractivity contribution in [1.29, 1.82) is 0 Å². The highest BCUT2D eigenvalue weighted by molar-refractivity contribution is 6.06. The van der Waals surface area contributed by atoms with Gasteiger partial charge in [0, 0.05) is 5.57 Å². The van der Waals surface area contributed by atoms with Crippen LogP contribution in [-0.4, -0.2) is 11.8 Å². The van der Waals surface area contributed by atoms with E-state index >= 15 is 0 Å². The smallest absolute Gasteiger partial charge is 0.180 e. The minimum absolute atomic E-state index is 0.0306. The molecule has 12 heavy (non-hydrogen) atoms. The Morgan fingerprint density at radius 2 is 2.33 bits per heavy atom. The van der Waals surface area contributed by atoms with Gasteiger partial charge in [0.05, 0.1) is 6.04 Å². The van der Waals surface area contributed by atoms with Crippen LogP contribution in [0.25, 0.3) is 0 Å². The quantitative estimate of drug-likeness (QED) is 0.593. The Kier molecular flexibility index (Phi) is 2.61. The molecule has 0 aromatic heterocycles. The zero-order valence-corrected chi connectivity index (χ0v) is 7.21. The van der Waals surface area contributed by atoms with Crippen molar-refractivity contribution in [3.05, 3.63) is 36.0 Å². The second-order valence-electron chi connectivity index (χ2n) is 2.80. The summed E-state index contributed by atoms with van der Waals surface area (Å²) in [7, 11) is 0. The van der Waals surface area contributed by atoms with Gasteiger partial charge in [-0.05, 0) is 18.9 Å². The molecule has 0 saturated heterocycles. The average Bonchev–Trinajstić information content (AvgIpc) is 2.33. The Morgan fingerprint density at radius 3 is 2.83 bits per heavy atom. The summed E-state index contributed by atoms with van der Waals surface area (Å²) in [4.78, 5) is 11.4. The van der Waals surface area contributed by atoms with Crippen molar-refractivity contribution >= 4 is 5.78 Å². The molecule has 0 amide bonds. The average molecular weight is 163 g/mol. The van der Waals surface area contributed by atoms with Gasteiger partial charge in [0.15, 0.2) is 5.78 Å². The second kappa shape index (κ2) is 3.50. The molecule has 0 radical (unpaired) electrons. The Labute approximate surface area is 72.5 Å². The predicted octanol–water partition coefficient (Wildman–Crippen LogP) is 1.35. The maximum atomic E-state index is 11.4. The van der Waals surface area contributed by atoms with E-state index < -0.39 is 0 Å². The van der Waals surface area contributed by atoms with Crippen LogP contribution >= 0.6 is 0 Å². The van der Waals surface area contributed by atoms with Crippen molar-refractivity contribution in [2.75, 3.05) is 0 Å². The summed E-state index contributed by atoms with van der Waals surface area (Å²) in [5, 5.41) is 0. The van der Waals surface area contributed by atoms with E-state index in [1.54, 1.807) is 12.2 Å². The van der Waals surface area contributed by atoms with Crippen LogP contribution in [0.15, 0.2) is 36.0 Å². The van der Waals surface area contributed by atoms with Crippen LogP contribution in [0, 0.1) is 0 Å². The Bertz CT molecular complexity index is 274. The third-order valence-electron chi connectivity index (χ3n) is 2.02. The number of carbonyl (C=O) groups excluding carboxylic acids is 1. The number of nitrogens with two attached hydrogens (primary N) is 1. The second-order valence-corrected chi connectivity index (χ2v) is 2.80. The van der Waals surface area contributed by atoms with E-state index in [0.29, 0.717) is 6.42 Å². The molecule has 1 saturated carbocycles. The third kappa shape index (κ3) is 1.38. The van der Waals surface area contributed by atoms with Gasteiger partial charge < -0.3 is 5.73 Å². The van der Waals surface area contributed by atoms with E-state index in [-0.39, 0.29) is 11.8 Å². The summed E-state index contributed by atoms with van der Waals surface area (Å²) in [6, 6.07) is -0.345. The topological polar surface area (TPSA) is 43.1 Å². The highest BCUT2D eigenvalue weighted by Gasteiger charge is 2.29. The van der Waals surface area contributed by atoms with Crippen LogP contribution in [0.1, 0.15) is 13.3 Å². The molecular weight excluding hydrogens is 150 g/mol. The van der Waals surface area contributed by atoms with Gasteiger partial charge in [-0.25, -0.2) is 0 Å². The molecule has 0 aromatic carbocycles. The number of Topliss-reactive ketones (excluding diaryl/α,β-unsaturated/α-hetero) is 1. The molecule has 0 spiro atoms. The molecule has 0 aromatic rings. The molecule has 1 aliphatic carbocycles. The fraction of sp³-hybridized carbons (Fsp3) is 0.300. The summed E-state index contributed by atoms with van der Waals surface area (Å²) in [5.41, 5.74) is 7.36. The van der Waals surface area contributed by atoms with Crippen molar-refractivity contribution < 1.29 is 4.79 Å². The lowest BCUT2D eigenvalue weighted by Crippen LogP contribution is -2.24. The van der Waals surface area contributed by atoms with Gasteiger partial charge >= 0.3 is 0 Å². The molecule has 0 bridgehead atoms. The fourth-order valence-electron chi connectivity index (χ4n) is 1.38. The Balaban J connectivity index is 3.04. The number of ketones is 1. The predicted molar refractivity (Wildman–Crippen MR) is 49.6 cm³/mol. The van der Waals surface area contributed by atoms with Gasteiger partial charge in [0.1, 0.15) is 0 Å². The Hall–Kier alpha value is -1.15. The fourth-order valence-corrected chi connectivity index (χ4v) is 1.38. The van der Waals surface area contributed by atoms with Crippen molar-refractivity contribution in [3.63, 3.8) is 0 Å². The summed E-state index contributed by atoms with van der Waals surface area (Å²) in [6.07, 6.45) is 5.94. The molecule has 2 nitrogen and oxygen atoms in total. The maximum absolute atomic E-state index is 11.4. The zero-order valence-electron chi connectivity index (χ0n) is 7.21. The molecule has 0 heterocycles. The van der Waals surface area contributed by atoms with E-state index in [2.05, 4.69) is 6.58 Å². The summed E-state index contributed by atoms with van der Waals surface area (Å²) < 4.78 is 0. The molecule has 1 unspecified atom stereocenters. The van der Waals surface area contributed by atoms with Crippen LogP contribution in [-0.2, 0) is 4.79 Å². The molecular formula is C10H13NO. The minimum Gasteiger partial charge on any atom is -0.321 e. The first kappa shape index (κ1) is 8.94. The van der Waals surface area contributed by atoms with Crippen LogP contribution in [0.4, 0.5) is 0 Å². The lowest BCUT2D eigenvalue weighted by molar-refractivity contribution is -0.115. The monoisotopic (exact) mass is 163 g/mol. The molecule has 1 aliphatic rings. The van der Waals surface area contributed by atoms with E-state index in [1.807, 2.05) is 13.0 Å². The molecule has 1 rings (SSSR count). The van der Waals surface area contributed by atoms with E-state index in [4.69, 9.17) is 5.73 Å². The maximum Gasteiger partial charge on any atom is 0.180 e. The first-order chi connectivity index (χ1) is 5.70. The minimum atomic E-state index is -0.345. The number of rotatable bonds is 1. The number of hydrogen-bond acceptors (Lipinski definition) is 2. The van der Waals surface area contributed by atoms with Crippen LogP contribution in [0.5, 0.6) is 0 Å². The van der Waals surface area contributed by atoms with Crippen molar-refractivity contribution in [3.8, 4) is 0 Å². The largest absolute Gasteiger partial charge is 0.321 e. The summed E-state index contributed by atoms with van der Waals surface area (Å²) in [6.45, 7) is 5.47. The van der Waals surface area contributed by atoms with Gasteiger partial charge in [0.25, 0.3) is 0 Å². The lowest BCUT2D eigenvalue weighted by atomic mass is 10.1. The Morgan fingerprint density at radius 1 is 1.67 bits per heavy atom. The van der Waals surface area contributed by atoms with Gasteiger partial charge in [0.2, 0.25) is 0 Å². The van der Waals surface area contributed by atoms with Gasteiger partial charge in [-0.1, -0.05) is 24.8 Å². The first-order valence-electron chi connectivity index (χ1n) is 3.98. The van der Waals surface area contributed by atoms with Crippen molar-refractivity contribution in [1.82, 2.24) is 0 Å². The normalized spacial score (nSPS) is 30.2. The van der Waals surface area contributed by atoms with Crippen molar-refractivity contribution in [2.24, 2.45) is 5.73 Å².